The molecule has 0 unspecified atom stereocenters. The summed E-state index contributed by atoms with van der Waals surface area (Å²) in [4.78, 5) is 3.92. The number of aromatic nitrogens is 1. The summed E-state index contributed by atoms with van der Waals surface area (Å²) in [5, 5.41) is 0. The van der Waals surface area contributed by atoms with Crippen LogP contribution < -0.4 is 5.73 Å². The summed E-state index contributed by atoms with van der Waals surface area (Å²) in [6.07, 6.45) is 0. The van der Waals surface area contributed by atoms with Crippen molar-refractivity contribution < 1.29 is 17.6 Å². The van der Waals surface area contributed by atoms with E-state index in [0.29, 0.717) is 5.58 Å². The van der Waals surface area contributed by atoms with E-state index in [1.165, 1.54) is 12.1 Å². The highest BCUT2D eigenvalue weighted by Gasteiger charge is 2.30. The fraction of sp³-hybridized carbons (Fsp3) is 0.222. The molecule has 0 fully saturated rings. The van der Waals surface area contributed by atoms with E-state index in [4.69, 9.17) is 10.2 Å². The third-order valence-electron chi connectivity index (χ3n) is 1.83. The molecule has 3 nitrogen and oxygen atoms in total. The number of para-hydroxylation sites is 1. The van der Waals surface area contributed by atoms with E-state index >= 15 is 0 Å². The molecule has 7 heteroatoms. The van der Waals surface area contributed by atoms with Crippen LogP contribution in [0.25, 0.3) is 11.1 Å². The Kier molecular flexibility index (Phi) is 2.81. The highest BCUT2D eigenvalue weighted by Crippen LogP contribution is 2.39. The normalized spacial score (nSPS) is 12.2. The summed E-state index contributed by atoms with van der Waals surface area (Å²) in [6.45, 7) is 0.0603. The molecule has 0 aliphatic carbocycles. The van der Waals surface area contributed by atoms with Gasteiger partial charge in [-0.15, -0.1) is 0 Å². The molecule has 1 aromatic heterocycles. The van der Waals surface area contributed by atoms with Crippen LogP contribution >= 0.6 is 11.8 Å². The fourth-order valence-corrected chi connectivity index (χ4v) is 1.90. The van der Waals surface area contributed by atoms with Crippen molar-refractivity contribution in [1.82, 2.24) is 4.98 Å². The fourth-order valence-electron chi connectivity index (χ4n) is 1.26. The molecule has 1 heterocycles. The van der Waals surface area contributed by atoms with Crippen molar-refractivity contribution in [3.05, 3.63) is 24.1 Å². The number of alkyl halides is 3. The van der Waals surface area contributed by atoms with Crippen LogP contribution in [0.15, 0.2) is 27.5 Å². The Morgan fingerprint density at radius 1 is 1.38 bits per heavy atom. The minimum atomic E-state index is -4.34. The molecule has 0 amide bonds. The number of hydrogen-bond donors (Lipinski definition) is 1. The van der Waals surface area contributed by atoms with Gasteiger partial charge < -0.3 is 10.2 Å². The van der Waals surface area contributed by atoms with Crippen LogP contribution in [0.3, 0.4) is 0 Å². The molecule has 86 valence electrons. The van der Waals surface area contributed by atoms with E-state index in [1.54, 1.807) is 6.07 Å². The van der Waals surface area contributed by atoms with E-state index in [1.807, 2.05) is 0 Å². The van der Waals surface area contributed by atoms with Crippen molar-refractivity contribution in [1.29, 1.82) is 0 Å². The zero-order valence-corrected chi connectivity index (χ0v) is 8.73. The predicted molar refractivity (Wildman–Crippen MR) is 53.8 cm³/mol. The van der Waals surface area contributed by atoms with Gasteiger partial charge in [-0.2, -0.15) is 13.2 Å². The monoisotopic (exact) mass is 248 g/mol. The van der Waals surface area contributed by atoms with Crippen molar-refractivity contribution >= 4 is 22.9 Å². The summed E-state index contributed by atoms with van der Waals surface area (Å²) in [6, 6.07) is 4.40. The minimum Gasteiger partial charge on any atom is -0.439 e. The van der Waals surface area contributed by atoms with Crippen molar-refractivity contribution in [2.45, 2.75) is 16.9 Å². The number of benzene rings is 1. The third-order valence-corrected chi connectivity index (χ3v) is 2.61. The van der Waals surface area contributed by atoms with Gasteiger partial charge >= 0.3 is 5.51 Å². The molecule has 0 saturated heterocycles. The molecule has 0 radical (unpaired) electrons. The van der Waals surface area contributed by atoms with E-state index in [9.17, 15) is 13.2 Å². The van der Waals surface area contributed by atoms with E-state index in [-0.39, 0.29) is 34.6 Å². The first-order valence-corrected chi connectivity index (χ1v) is 5.15. The third kappa shape index (κ3) is 2.30. The molecule has 16 heavy (non-hydrogen) atoms. The van der Waals surface area contributed by atoms with Crippen LogP contribution in [0, 0.1) is 0 Å². The zero-order valence-electron chi connectivity index (χ0n) is 7.91. The Morgan fingerprint density at radius 2 is 2.12 bits per heavy atom. The van der Waals surface area contributed by atoms with Crippen LogP contribution in [-0.4, -0.2) is 10.5 Å². The summed E-state index contributed by atoms with van der Waals surface area (Å²) < 4.78 is 41.9. The number of fused-ring (bicyclic) bond motifs is 1. The standard InChI is InChI=1S/C9H7F3N2OS/c10-9(11,12)16-6-3-1-2-5-8(6)14-7(4-13)15-5/h1-3H,4,13H2. The van der Waals surface area contributed by atoms with Crippen LogP contribution in [0.5, 0.6) is 0 Å². The van der Waals surface area contributed by atoms with Gasteiger partial charge in [0, 0.05) is 4.90 Å². The smallest absolute Gasteiger partial charge is 0.439 e. The highest BCUT2D eigenvalue weighted by atomic mass is 32.2. The number of oxazole rings is 1. The maximum Gasteiger partial charge on any atom is 0.446 e. The largest absolute Gasteiger partial charge is 0.446 e. The summed E-state index contributed by atoms with van der Waals surface area (Å²) >= 11 is -0.209. The molecule has 0 aliphatic rings. The first-order valence-electron chi connectivity index (χ1n) is 4.34. The van der Waals surface area contributed by atoms with E-state index in [0.717, 1.165) is 0 Å². The van der Waals surface area contributed by atoms with Gasteiger partial charge in [-0.3, -0.25) is 0 Å². The van der Waals surface area contributed by atoms with Crippen molar-refractivity contribution in [2.24, 2.45) is 5.73 Å². The topological polar surface area (TPSA) is 52.0 Å². The molecule has 2 aromatic rings. The van der Waals surface area contributed by atoms with Crippen molar-refractivity contribution in [3.8, 4) is 0 Å². The lowest BCUT2D eigenvalue weighted by molar-refractivity contribution is -0.0327. The molecule has 0 bridgehead atoms. The van der Waals surface area contributed by atoms with Crippen LogP contribution in [0.4, 0.5) is 13.2 Å². The number of nitrogens with zero attached hydrogens (tertiary/aromatic N) is 1. The Labute approximate surface area is 92.8 Å². The average molecular weight is 248 g/mol. The Morgan fingerprint density at radius 3 is 2.75 bits per heavy atom. The molecule has 0 atom stereocenters. The first-order chi connectivity index (χ1) is 7.49. The number of halogens is 3. The van der Waals surface area contributed by atoms with Gasteiger partial charge in [0.25, 0.3) is 0 Å². The lowest BCUT2D eigenvalue weighted by Crippen LogP contribution is -1.99. The summed E-state index contributed by atoms with van der Waals surface area (Å²) in [5.41, 5.74) is 1.48. The number of hydrogen-bond acceptors (Lipinski definition) is 4. The van der Waals surface area contributed by atoms with Crippen molar-refractivity contribution in [3.63, 3.8) is 0 Å². The molecular weight excluding hydrogens is 241 g/mol. The quantitative estimate of drug-likeness (QED) is 0.830. The number of thioether (sulfide) groups is 1. The lowest BCUT2D eigenvalue weighted by atomic mass is 10.3. The van der Waals surface area contributed by atoms with Crippen LogP contribution in [0.2, 0.25) is 0 Å². The zero-order chi connectivity index (χ0) is 11.8. The summed E-state index contributed by atoms with van der Waals surface area (Å²) in [5.74, 6) is 0.227. The lowest BCUT2D eigenvalue weighted by Gasteiger charge is -2.04. The van der Waals surface area contributed by atoms with Gasteiger partial charge in [-0.1, -0.05) is 6.07 Å². The molecule has 0 spiro atoms. The van der Waals surface area contributed by atoms with Gasteiger partial charge in [0.05, 0.1) is 6.54 Å². The van der Waals surface area contributed by atoms with Crippen LogP contribution in [0.1, 0.15) is 5.89 Å². The molecule has 2 N–H and O–H groups in total. The Hall–Kier alpha value is -1.21. The Balaban J connectivity index is 2.48. The van der Waals surface area contributed by atoms with Gasteiger partial charge in [0.15, 0.2) is 5.58 Å². The molecule has 0 aliphatic heterocycles. The molecule has 2 rings (SSSR count). The first kappa shape index (κ1) is 11.3. The highest BCUT2D eigenvalue weighted by molar-refractivity contribution is 8.00. The second kappa shape index (κ2) is 3.99. The number of rotatable bonds is 2. The molecule has 1 aromatic carbocycles. The van der Waals surface area contributed by atoms with Gasteiger partial charge in [-0.25, -0.2) is 4.98 Å². The van der Waals surface area contributed by atoms with Crippen LogP contribution in [-0.2, 0) is 6.54 Å². The maximum absolute atomic E-state index is 12.2. The summed E-state index contributed by atoms with van der Waals surface area (Å²) in [7, 11) is 0. The van der Waals surface area contributed by atoms with E-state index < -0.39 is 5.51 Å². The SMILES string of the molecule is NCc1nc2c(SC(F)(F)F)cccc2o1. The maximum atomic E-state index is 12.2. The molecular formula is C9H7F3N2OS. The predicted octanol–water partition coefficient (Wildman–Crippen LogP) is 2.90. The molecule has 0 saturated carbocycles. The van der Waals surface area contributed by atoms with Gasteiger partial charge in [0.1, 0.15) is 5.52 Å². The Bertz CT molecular complexity index is 509. The van der Waals surface area contributed by atoms with Gasteiger partial charge in [0.2, 0.25) is 5.89 Å². The average Bonchev–Trinajstić information content (AvgIpc) is 2.59. The van der Waals surface area contributed by atoms with Gasteiger partial charge in [-0.05, 0) is 23.9 Å². The number of nitrogens with two attached hydrogens (primary N) is 1. The second-order valence-electron chi connectivity index (χ2n) is 2.96. The van der Waals surface area contributed by atoms with E-state index in [2.05, 4.69) is 4.98 Å². The minimum absolute atomic E-state index is 0.0217. The second-order valence-corrected chi connectivity index (χ2v) is 4.07. The van der Waals surface area contributed by atoms with Crippen molar-refractivity contribution in [2.75, 3.05) is 0 Å².